The molecule has 12 heteroatoms. The first-order chi connectivity index (χ1) is 16.5. The molecule has 1 saturated heterocycles. The van der Waals surface area contributed by atoms with Crippen molar-refractivity contribution in [3.05, 3.63) is 35.7 Å². The smallest absolute Gasteiger partial charge is 0.223 e. The molecule has 5 rings (SSSR count). The predicted octanol–water partition coefficient (Wildman–Crippen LogP) is 2.62. The largest absolute Gasteiger partial charge is 0.494 e. The van der Waals surface area contributed by atoms with Gasteiger partial charge in [-0.1, -0.05) is 0 Å². The van der Waals surface area contributed by atoms with E-state index < -0.39 is 17.6 Å². The highest BCUT2D eigenvalue weighted by molar-refractivity contribution is 5.95. The Hall–Kier alpha value is -3.54. The lowest BCUT2D eigenvalue weighted by Gasteiger charge is -2.34. The number of aromatic nitrogens is 6. The van der Waals surface area contributed by atoms with Crippen LogP contribution in [0.2, 0.25) is 0 Å². The van der Waals surface area contributed by atoms with Gasteiger partial charge in [0.15, 0.2) is 11.5 Å². The first-order valence-corrected chi connectivity index (χ1v) is 11.4. The van der Waals surface area contributed by atoms with Gasteiger partial charge >= 0.3 is 0 Å². The van der Waals surface area contributed by atoms with Crippen molar-refractivity contribution in [1.82, 2.24) is 29.4 Å². The Morgan fingerprint density at radius 2 is 2.00 bits per heavy atom. The number of halogens is 2. The fourth-order valence-electron chi connectivity index (χ4n) is 4.73. The van der Waals surface area contributed by atoms with Gasteiger partial charge in [0.25, 0.3) is 0 Å². The van der Waals surface area contributed by atoms with Gasteiger partial charge in [0.2, 0.25) is 5.95 Å². The minimum Gasteiger partial charge on any atom is -0.494 e. The molecule has 4 heterocycles. The van der Waals surface area contributed by atoms with Crippen LogP contribution in [0, 0.1) is 12.7 Å². The Balaban J connectivity index is 1.52. The van der Waals surface area contributed by atoms with Crippen LogP contribution in [-0.2, 0) is 6.54 Å². The van der Waals surface area contributed by atoms with Gasteiger partial charge in [0.1, 0.15) is 23.3 Å². The van der Waals surface area contributed by atoms with Crippen LogP contribution in [0.25, 0.3) is 16.6 Å². The molecule has 4 aromatic rings. The van der Waals surface area contributed by atoms with E-state index >= 15 is 0 Å². The fourth-order valence-corrected chi connectivity index (χ4v) is 4.73. The molecule has 1 fully saturated rings. The molecule has 0 saturated carbocycles. The monoisotopic (exact) mass is 486 g/mol. The maximum absolute atomic E-state index is 14.9. The third-order valence-corrected chi connectivity index (χ3v) is 6.14. The van der Waals surface area contributed by atoms with E-state index in [1.807, 2.05) is 18.0 Å². The minimum absolute atomic E-state index is 0.0735. The number of ether oxygens (including phenoxy) is 1. The van der Waals surface area contributed by atoms with E-state index in [1.54, 1.807) is 18.5 Å². The normalized spacial score (nSPS) is 19.1. The number of anilines is 2. The molecule has 0 unspecified atom stereocenters. The molecule has 2 atom stereocenters. The summed E-state index contributed by atoms with van der Waals surface area (Å²) < 4.78 is 37.4. The van der Waals surface area contributed by atoms with Gasteiger partial charge in [-0.3, -0.25) is 4.68 Å². The average Bonchev–Trinajstić information content (AvgIpc) is 3.37. The Kier molecular flexibility index (Phi) is 5.50. The Morgan fingerprint density at radius 3 is 2.71 bits per heavy atom. The first-order valence-electron chi connectivity index (χ1n) is 11.4. The lowest BCUT2D eigenvalue weighted by atomic mass is 9.95. The molecule has 3 N–H and O–H groups in total. The Bertz CT molecular complexity index is 1410. The number of fused-ring (bicyclic) bond motifs is 3. The molecule has 3 aromatic heterocycles. The van der Waals surface area contributed by atoms with E-state index in [9.17, 15) is 13.9 Å². The van der Waals surface area contributed by atoms with E-state index in [-0.39, 0.29) is 30.6 Å². The predicted molar refractivity (Wildman–Crippen MR) is 127 cm³/mol. The number of hydrogen-bond donors (Lipinski definition) is 2. The number of benzene rings is 1. The van der Waals surface area contributed by atoms with Crippen molar-refractivity contribution in [3.63, 3.8) is 0 Å². The van der Waals surface area contributed by atoms with E-state index in [2.05, 4.69) is 20.2 Å². The molecule has 1 aromatic carbocycles. The number of rotatable bonds is 5. The van der Waals surface area contributed by atoms with Crippen LogP contribution in [0.1, 0.15) is 37.7 Å². The summed E-state index contributed by atoms with van der Waals surface area (Å²) in [5.74, 6) is -0.114. The number of nitrogens with zero attached hydrogens (tertiary/aromatic N) is 7. The Labute approximate surface area is 200 Å². The molecule has 0 bridgehead atoms. The maximum atomic E-state index is 14.9. The van der Waals surface area contributed by atoms with Gasteiger partial charge in [-0.05, 0) is 33.3 Å². The topological polar surface area (TPSA) is 120 Å². The highest BCUT2D eigenvalue weighted by Crippen LogP contribution is 2.34. The number of nitrogens with two attached hydrogens (primary N) is 1. The third kappa shape index (κ3) is 4.33. The Morgan fingerprint density at radius 1 is 1.23 bits per heavy atom. The minimum atomic E-state index is -1.11. The summed E-state index contributed by atoms with van der Waals surface area (Å²) in [6.07, 6.45) is 0.958. The second kappa shape index (κ2) is 8.29. The van der Waals surface area contributed by atoms with Crippen molar-refractivity contribution >= 4 is 28.2 Å². The summed E-state index contributed by atoms with van der Waals surface area (Å²) in [6.45, 7) is 6.27. The number of hydrogen-bond acceptors (Lipinski definition) is 8. The molecular formula is C23H28F2N8O2. The number of piperidine rings is 1. The molecule has 1 aliphatic rings. The standard InChI is InChI=1S/C23H28F2N8O2/c1-12-17(10-32(29-12)11-23(2,3)34)31-8-13(5-15(25)9-31)20-28-21-16-6-14(24)7-18(35-4)19(16)27-22(26)33(21)30-20/h6-7,10,13,15,34H,5,8-9,11H2,1-4H3,(H2,26,27)/t13-,15-/m1/s1. The number of aliphatic hydroxyl groups is 1. The maximum Gasteiger partial charge on any atom is 0.223 e. The quantitative estimate of drug-likeness (QED) is 0.442. The second-order valence-corrected chi connectivity index (χ2v) is 9.72. The summed E-state index contributed by atoms with van der Waals surface area (Å²) in [6, 6.07) is 2.54. The highest BCUT2D eigenvalue weighted by Gasteiger charge is 2.33. The van der Waals surface area contributed by atoms with Gasteiger partial charge < -0.3 is 20.5 Å². The van der Waals surface area contributed by atoms with Gasteiger partial charge in [-0.2, -0.15) is 9.61 Å². The summed E-state index contributed by atoms with van der Waals surface area (Å²) in [5, 5.41) is 19.5. The van der Waals surface area contributed by atoms with Crippen LogP contribution < -0.4 is 15.4 Å². The van der Waals surface area contributed by atoms with Crippen molar-refractivity contribution in [2.45, 2.75) is 51.4 Å². The molecule has 10 nitrogen and oxygen atoms in total. The summed E-state index contributed by atoms with van der Waals surface area (Å²) in [5.41, 5.74) is 7.45. The van der Waals surface area contributed by atoms with Crippen molar-refractivity contribution in [1.29, 1.82) is 0 Å². The number of nitrogen functional groups attached to an aromatic ring is 1. The molecule has 0 radical (unpaired) electrons. The average molecular weight is 487 g/mol. The SMILES string of the molecule is COc1cc(F)cc2c1nc(N)n1nc([C@@H]3C[C@@H](F)CN(c4cn(CC(C)(C)O)nc4C)C3)nc21. The van der Waals surface area contributed by atoms with E-state index in [4.69, 9.17) is 10.5 Å². The van der Waals surface area contributed by atoms with Crippen LogP contribution in [0.4, 0.5) is 20.4 Å². The van der Waals surface area contributed by atoms with E-state index in [1.165, 1.54) is 23.8 Å². The number of methoxy groups -OCH3 is 1. The van der Waals surface area contributed by atoms with E-state index in [0.717, 1.165) is 11.4 Å². The van der Waals surface area contributed by atoms with Crippen LogP contribution in [0.3, 0.4) is 0 Å². The second-order valence-electron chi connectivity index (χ2n) is 9.72. The molecule has 186 valence electrons. The zero-order valence-electron chi connectivity index (χ0n) is 20.0. The first kappa shape index (κ1) is 23.2. The van der Waals surface area contributed by atoms with Gasteiger partial charge in [0, 0.05) is 31.3 Å². The van der Waals surface area contributed by atoms with Gasteiger partial charge in [0.05, 0.1) is 36.0 Å². The zero-order valence-corrected chi connectivity index (χ0v) is 20.0. The zero-order chi connectivity index (χ0) is 25.1. The van der Waals surface area contributed by atoms with Crippen molar-refractivity contribution in [2.75, 3.05) is 30.8 Å². The van der Waals surface area contributed by atoms with Gasteiger partial charge in [-0.25, -0.2) is 18.7 Å². The fraction of sp³-hybridized carbons (Fsp3) is 0.478. The van der Waals surface area contributed by atoms with Crippen LogP contribution in [0.5, 0.6) is 5.75 Å². The molecule has 1 aliphatic heterocycles. The van der Waals surface area contributed by atoms with Crippen LogP contribution >= 0.6 is 0 Å². The molecular weight excluding hydrogens is 458 g/mol. The number of aryl methyl sites for hydroxylation is 1. The summed E-state index contributed by atoms with van der Waals surface area (Å²) in [7, 11) is 1.43. The molecule has 0 amide bonds. The van der Waals surface area contributed by atoms with E-state index in [0.29, 0.717) is 35.5 Å². The van der Waals surface area contributed by atoms with Crippen molar-refractivity contribution in [2.24, 2.45) is 0 Å². The van der Waals surface area contributed by atoms with Crippen molar-refractivity contribution in [3.8, 4) is 5.75 Å². The molecule has 0 aliphatic carbocycles. The highest BCUT2D eigenvalue weighted by atomic mass is 19.1. The summed E-state index contributed by atoms with van der Waals surface area (Å²) >= 11 is 0. The van der Waals surface area contributed by atoms with Crippen LogP contribution in [-0.4, -0.2) is 66.4 Å². The van der Waals surface area contributed by atoms with Crippen LogP contribution in [0.15, 0.2) is 18.3 Å². The lowest BCUT2D eigenvalue weighted by molar-refractivity contribution is 0.0577. The third-order valence-electron chi connectivity index (χ3n) is 6.14. The summed E-state index contributed by atoms with van der Waals surface area (Å²) in [4.78, 5) is 10.9. The lowest BCUT2D eigenvalue weighted by Crippen LogP contribution is -2.41. The molecule has 0 spiro atoms. The number of alkyl halides is 1. The molecule has 35 heavy (non-hydrogen) atoms. The van der Waals surface area contributed by atoms with Gasteiger partial charge in [-0.15, -0.1) is 5.10 Å². The van der Waals surface area contributed by atoms with Crippen molar-refractivity contribution < 1.29 is 18.6 Å².